The molecule has 0 unspecified atom stereocenters. The first-order valence-corrected chi connectivity index (χ1v) is 11.6. The summed E-state index contributed by atoms with van der Waals surface area (Å²) in [6, 6.07) is 15.8. The molecule has 154 valence electrons. The Morgan fingerprint density at radius 3 is 2.43 bits per heavy atom. The molecule has 0 atom stereocenters. The van der Waals surface area contributed by atoms with Crippen molar-refractivity contribution in [2.75, 3.05) is 6.26 Å². The van der Waals surface area contributed by atoms with E-state index in [2.05, 4.69) is 4.98 Å². The second kappa shape index (κ2) is 7.57. The molecule has 0 saturated heterocycles. The fraction of sp³-hybridized carbons (Fsp3) is 0.217. The molecule has 2 aromatic carbocycles. The van der Waals surface area contributed by atoms with Crippen molar-refractivity contribution in [2.24, 2.45) is 7.05 Å². The maximum Gasteiger partial charge on any atom is 0.253 e. The first-order chi connectivity index (χ1) is 14.2. The van der Waals surface area contributed by atoms with E-state index in [-0.39, 0.29) is 11.3 Å². The fourth-order valence-corrected chi connectivity index (χ4v) is 4.52. The highest BCUT2D eigenvalue weighted by molar-refractivity contribution is 7.89. The van der Waals surface area contributed by atoms with Gasteiger partial charge in [-0.3, -0.25) is 4.79 Å². The molecule has 2 aromatic heterocycles. The average Bonchev–Trinajstić information content (AvgIpc) is 3.08. The van der Waals surface area contributed by atoms with Crippen LogP contribution in [0.1, 0.15) is 16.7 Å². The number of pyridine rings is 1. The number of nitrogens with zero attached hydrogens (tertiary/aromatic N) is 3. The van der Waals surface area contributed by atoms with Crippen LogP contribution in [0, 0.1) is 6.92 Å². The average molecular weight is 422 g/mol. The summed E-state index contributed by atoms with van der Waals surface area (Å²) < 4.78 is 27.7. The molecule has 0 saturated carbocycles. The lowest BCUT2D eigenvalue weighted by atomic mass is 10.0. The topological polar surface area (TPSA) is 74.0 Å². The first kappa shape index (κ1) is 20.1. The van der Waals surface area contributed by atoms with E-state index in [1.807, 2.05) is 53.1 Å². The van der Waals surface area contributed by atoms with Gasteiger partial charge < -0.3 is 9.13 Å². The molecule has 0 radical (unpaired) electrons. The number of fused-ring (bicyclic) bond motifs is 1. The van der Waals surface area contributed by atoms with E-state index in [1.165, 1.54) is 6.26 Å². The van der Waals surface area contributed by atoms with E-state index < -0.39 is 9.84 Å². The van der Waals surface area contributed by atoms with Gasteiger partial charge in [0.05, 0.1) is 23.1 Å². The summed E-state index contributed by atoms with van der Waals surface area (Å²) in [5.74, 6) is -0.0928. The SMILES string of the molecule is Cc1cc(-c2cc(CS(C)(=O)=O)c3ncn(Cc4ccccc4)c3c2)cn(C)c1=O. The minimum absolute atomic E-state index is 0.0506. The van der Waals surface area contributed by atoms with Gasteiger partial charge in [-0.2, -0.15) is 0 Å². The van der Waals surface area contributed by atoms with Crippen molar-refractivity contribution >= 4 is 20.9 Å². The van der Waals surface area contributed by atoms with Gasteiger partial charge in [-0.25, -0.2) is 13.4 Å². The number of benzene rings is 2. The third-order valence-electron chi connectivity index (χ3n) is 5.11. The molecule has 0 N–H and O–H groups in total. The molecule has 4 rings (SSSR count). The number of rotatable bonds is 5. The Balaban J connectivity index is 1.92. The van der Waals surface area contributed by atoms with E-state index in [4.69, 9.17) is 0 Å². The summed E-state index contributed by atoms with van der Waals surface area (Å²) in [5.41, 5.74) is 5.63. The molecular weight excluding hydrogens is 398 g/mol. The highest BCUT2D eigenvalue weighted by Gasteiger charge is 2.16. The van der Waals surface area contributed by atoms with Crippen LogP contribution in [-0.2, 0) is 29.2 Å². The van der Waals surface area contributed by atoms with Crippen molar-refractivity contribution < 1.29 is 8.42 Å². The summed E-state index contributed by atoms with van der Waals surface area (Å²) in [6.07, 6.45) is 4.75. The largest absolute Gasteiger partial charge is 0.326 e. The zero-order valence-corrected chi connectivity index (χ0v) is 18.0. The predicted octanol–water partition coefficient (Wildman–Crippen LogP) is 3.30. The van der Waals surface area contributed by atoms with Crippen LogP contribution in [0.4, 0.5) is 0 Å². The highest BCUT2D eigenvalue weighted by Crippen LogP contribution is 2.29. The summed E-state index contributed by atoms with van der Waals surface area (Å²) in [6.45, 7) is 2.41. The van der Waals surface area contributed by atoms with Crippen molar-refractivity contribution in [1.29, 1.82) is 0 Å². The third-order valence-corrected chi connectivity index (χ3v) is 5.95. The number of aromatic nitrogens is 3. The van der Waals surface area contributed by atoms with Crippen molar-refractivity contribution in [3.8, 4) is 11.1 Å². The molecule has 6 nitrogen and oxygen atoms in total. The molecular formula is C23H23N3O3S. The van der Waals surface area contributed by atoms with Gasteiger partial charge in [0, 0.05) is 31.6 Å². The van der Waals surface area contributed by atoms with Crippen molar-refractivity contribution in [3.63, 3.8) is 0 Å². The molecule has 0 amide bonds. The molecule has 2 heterocycles. The van der Waals surface area contributed by atoms with Crippen LogP contribution in [0.15, 0.2) is 65.8 Å². The Kier molecular flexibility index (Phi) is 5.07. The van der Waals surface area contributed by atoms with Crippen molar-refractivity contribution in [2.45, 2.75) is 19.2 Å². The molecule has 7 heteroatoms. The van der Waals surface area contributed by atoms with Gasteiger partial charge in [0.25, 0.3) is 5.56 Å². The van der Waals surface area contributed by atoms with Crippen LogP contribution in [0.5, 0.6) is 0 Å². The quantitative estimate of drug-likeness (QED) is 0.496. The summed E-state index contributed by atoms with van der Waals surface area (Å²) in [5, 5.41) is 0. The van der Waals surface area contributed by atoms with Crippen LogP contribution in [0.25, 0.3) is 22.2 Å². The zero-order chi connectivity index (χ0) is 21.5. The lowest BCUT2D eigenvalue weighted by Gasteiger charge is -2.11. The maximum atomic E-state index is 12.1. The van der Waals surface area contributed by atoms with Crippen LogP contribution >= 0.6 is 0 Å². The van der Waals surface area contributed by atoms with Crippen LogP contribution in [0.3, 0.4) is 0 Å². The first-order valence-electron chi connectivity index (χ1n) is 9.58. The number of imidazole rings is 1. The van der Waals surface area contributed by atoms with Gasteiger partial charge >= 0.3 is 0 Å². The monoisotopic (exact) mass is 421 g/mol. The van der Waals surface area contributed by atoms with Gasteiger partial charge in [-0.1, -0.05) is 30.3 Å². The number of sulfone groups is 1. The Morgan fingerprint density at radius 2 is 1.77 bits per heavy atom. The number of aryl methyl sites for hydroxylation is 2. The molecule has 0 spiro atoms. The Hall–Kier alpha value is -3.19. The summed E-state index contributed by atoms with van der Waals surface area (Å²) in [4.78, 5) is 16.6. The summed E-state index contributed by atoms with van der Waals surface area (Å²) >= 11 is 0. The Morgan fingerprint density at radius 1 is 1.03 bits per heavy atom. The summed E-state index contributed by atoms with van der Waals surface area (Å²) in [7, 11) is -1.53. The predicted molar refractivity (Wildman–Crippen MR) is 119 cm³/mol. The normalized spacial score (nSPS) is 11.8. The molecule has 4 aromatic rings. The van der Waals surface area contributed by atoms with Gasteiger partial charge in [0.15, 0.2) is 9.84 Å². The highest BCUT2D eigenvalue weighted by atomic mass is 32.2. The van der Waals surface area contributed by atoms with E-state index in [9.17, 15) is 13.2 Å². The second-order valence-electron chi connectivity index (χ2n) is 7.76. The third kappa shape index (κ3) is 4.07. The maximum absolute atomic E-state index is 12.1. The van der Waals surface area contributed by atoms with Crippen molar-refractivity contribution in [3.05, 3.63) is 88.1 Å². The fourth-order valence-electron chi connectivity index (χ4n) is 3.74. The smallest absolute Gasteiger partial charge is 0.253 e. The molecule has 0 fully saturated rings. The molecule has 0 bridgehead atoms. The van der Waals surface area contributed by atoms with E-state index in [1.54, 1.807) is 31.1 Å². The minimum atomic E-state index is -3.24. The Bertz CT molecular complexity index is 1370. The van der Waals surface area contributed by atoms with Crippen LogP contribution in [0.2, 0.25) is 0 Å². The number of hydrogen-bond acceptors (Lipinski definition) is 4. The molecule has 0 aliphatic rings. The van der Waals surface area contributed by atoms with Crippen LogP contribution < -0.4 is 5.56 Å². The number of hydrogen-bond donors (Lipinski definition) is 0. The van der Waals surface area contributed by atoms with Crippen molar-refractivity contribution in [1.82, 2.24) is 14.1 Å². The van der Waals surface area contributed by atoms with Gasteiger partial charge in [-0.15, -0.1) is 0 Å². The molecule has 0 aliphatic carbocycles. The lowest BCUT2D eigenvalue weighted by molar-refractivity contribution is 0.601. The van der Waals surface area contributed by atoms with E-state index >= 15 is 0 Å². The lowest BCUT2D eigenvalue weighted by Crippen LogP contribution is -2.18. The molecule has 30 heavy (non-hydrogen) atoms. The Labute approximate surface area is 175 Å². The van der Waals surface area contributed by atoms with Crippen LogP contribution in [-0.4, -0.2) is 28.8 Å². The molecule has 0 aliphatic heterocycles. The van der Waals surface area contributed by atoms with E-state index in [0.717, 1.165) is 22.2 Å². The zero-order valence-electron chi connectivity index (χ0n) is 17.2. The van der Waals surface area contributed by atoms with E-state index in [0.29, 0.717) is 23.2 Å². The second-order valence-corrected chi connectivity index (χ2v) is 9.90. The minimum Gasteiger partial charge on any atom is -0.326 e. The standard InChI is InChI=1S/C23H23N3O3S/c1-16-9-19(13-25(2)23(16)27)18-10-20(14-30(3,28)29)22-21(11-18)26(15-24-22)12-17-7-5-4-6-8-17/h4-11,13,15H,12,14H2,1-3H3. The van der Waals surface area contributed by atoms with Gasteiger partial charge in [0.2, 0.25) is 0 Å². The van der Waals surface area contributed by atoms with Gasteiger partial charge in [-0.05, 0) is 47.4 Å². The van der Waals surface area contributed by atoms with Gasteiger partial charge in [0.1, 0.15) is 0 Å².